The predicted molar refractivity (Wildman–Crippen MR) is 60.2 cm³/mol. The molecule has 18 heavy (non-hydrogen) atoms. The number of rotatable bonds is 3. The first kappa shape index (κ1) is 11.8. The maximum Gasteiger partial charge on any atom is 0.337 e. The smallest absolute Gasteiger partial charge is 0.337 e. The Morgan fingerprint density at radius 3 is 2.56 bits per heavy atom. The van der Waals surface area contributed by atoms with E-state index in [0.29, 0.717) is 5.56 Å². The van der Waals surface area contributed by atoms with Crippen LogP contribution in [-0.4, -0.2) is 29.1 Å². The average Bonchev–Trinajstić information content (AvgIpc) is 2.91. The third-order valence-corrected chi connectivity index (χ3v) is 2.28. The molecule has 0 spiro atoms. The number of hydrogen-bond donors (Lipinski definition) is 1. The number of benzene rings is 1. The number of carbonyl (C=O) groups is 2. The standard InChI is InChI=1S/C12H9NO5/c1-17-12(16)9-5-7(10-13-2-3-18-10)4-8(6-9)11(14)15/h2-6H,1H3,(H,14,15). The van der Waals surface area contributed by atoms with Crippen LogP contribution in [0.3, 0.4) is 0 Å². The molecule has 1 N–H and O–H groups in total. The van der Waals surface area contributed by atoms with Gasteiger partial charge < -0.3 is 14.3 Å². The average molecular weight is 247 g/mol. The lowest BCUT2D eigenvalue weighted by molar-refractivity contribution is 0.0601. The minimum Gasteiger partial charge on any atom is -0.478 e. The molecule has 0 saturated carbocycles. The van der Waals surface area contributed by atoms with Crippen molar-refractivity contribution in [2.24, 2.45) is 0 Å². The van der Waals surface area contributed by atoms with Gasteiger partial charge in [-0.2, -0.15) is 0 Å². The monoisotopic (exact) mass is 247 g/mol. The summed E-state index contributed by atoms with van der Waals surface area (Å²) in [6.45, 7) is 0. The first-order valence-corrected chi connectivity index (χ1v) is 4.98. The van der Waals surface area contributed by atoms with Gasteiger partial charge in [0.2, 0.25) is 5.89 Å². The van der Waals surface area contributed by atoms with E-state index in [9.17, 15) is 9.59 Å². The summed E-state index contributed by atoms with van der Waals surface area (Å²) >= 11 is 0. The molecule has 0 bridgehead atoms. The lowest BCUT2D eigenvalue weighted by Gasteiger charge is -2.04. The van der Waals surface area contributed by atoms with Crippen molar-refractivity contribution in [3.63, 3.8) is 0 Å². The molecular weight excluding hydrogens is 238 g/mol. The number of carboxylic acid groups (broad SMARTS) is 1. The van der Waals surface area contributed by atoms with E-state index in [0.717, 1.165) is 0 Å². The van der Waals surface area contributed by atoms with Crippen molar-refractivity contribution < 1.29 is 23.8 Å². The molecule has 1 aromatic heterocycles. The Hall–Kier alpha value is -2.63. The van der Waals surface area contributed by atoms with Gasteiger partial charge in [0.25, 0.3) is 0 Å². The van der Waals surface area contributed by atoms with Crippen molar-refractivity contribution in [1.29, 1.82) is 0 Å². The first-order chi connectivity index (χ1) is 8.61. The summed E-state index contributed by atoms with van der Waals surface area (Å²) in [5.74, 6) is -1.53. The SMILES string of the molecule is COC(=O)c1cc(C(=O)O)cc(-c2ncco2)c1. The van der Waals surface area contributed by atoms with Gasteiger partial charge in [-0.15, -0.1) is 0 Å². The highest BCUT2D eigenvalue weighted by molar-refractivity contribution is 5.96. The van der Waals surface area contributed by atoms with Crippen molar-refractivity contribution in [3.8, 4) is 11.5 Å². The van der Waals surface area contributed by atoms with E-state index in [1.165, 1.54) is 37.8 Å². The summed E-state index contributed by atoms with van der Waals surface area (Å²) in [7, 11) is 1.22. The molecule has 1 heterocycles. The largest absolute Gasteiger partial charge is 0.478 e. The molecule has 2 rings (SSSR count). The van der Waals surface area contributed by atoms with Gasteiger partial charge in [0.1, 0.15) is 6.26 Å². The van der Waals surface area contributed by atoms with Crippen LogP contribution in [0.4, 0.5) is 0 Å². The van der Waals surface area contributed by atoms with Gasteiger partial charge >= 0.3 is 11.9 Å². The second-order valence-corrected chi connectivity index (χ2v) is 3.43. The fourth-order valence-corrected chi connectivity index (χ4v) is 1.48. The van der Waals surface area contributed by atoms with Crippen molar-refractivity contribution in [2.75, 3.05) is 7.11 Å². The van der Waals surface area contributed by atoms with Crippen LogP contribution in [0.5, 0.6) is 0 Å². The molecule has 0 atom stereocenters. The van der Waals surface area contributed by atoms with Gasteiger partial charge in [-0.25, -0.2) is 14.6 Å². The zero-order valence-corrected chi connectivity index (χ0v) is 9.41. The Morgan fingerprint density at radius 1 is 1.28 bits per heavy atom. The topological polar surface area (TPSA) is 89.6 Å². The van der Waals surface area contributed by atoms with Crippen LogP contribution in [-0.2, 0) is 4.74 Å². The predicted octanol–water partition coefficient (Wildman–Crippen LogP) is 1.83. The quantitative estimate of drug-likeness (QED) is 0.832. The Labute approximate surface area is 102 Å². The number of ether oxygens (including phenoxy) is 1. The molecule has 0 aliphatic carbocycles. The zero-order valence-electron chi connectivity index (χ0n) is 9.41. The highest BCUT2D eigenvalue weighted by atomic mass is 16.5. The van der Waals surface area contributed by atoms with Gasteiger partial charge in [0.05, 0.1) is 24.4 Å². The number of methoxy groups -OCH3 is 1. The highest BCUT2D eigenvalue weighted by Crippen LogP contribution is 2.21. The third-order valence-electron chi connectivity index (χ3n) is 2.28. The maximum absolute atomic E-state index is 11.4. The molecule has 2 aromatic rings. The van der Waals surface area contributed by atoms with Crippen molar-refractivity contribution >= 4 is 11.9 Å². The highest BCUT2D eigenvalue weighted by Gasteiger charge is 2.15. The van der Waals surface area contributed by atoms with E-state index in [-0.39, 0.29) is 17.0 Å². The van der Waals surface area contributed by atoms with Crippen LogP contribution in [0, 0.1) is 0 Å². The summed E-state index contributed by atoms with van der Waals surface area (Å²) in [6, 6.07) is 4.07. The molecule has 0 saturated heterocycles. The lowest BCUT2D eigenvalue weighted by Crippen LogP contribution is -2.05. The Kier molecular flexibility index (Phi) is 3.09. The number of carboxylic acids is 1. The number of aromatic nitrogens is 1. The third kappa shape index (κ3) is 2.22. The summed E-state index contributed by atoms with van der Waals surface area (Å²) in [4.78, 5) is 26.3. The van der Waals surface area contributed by atoms with Gasteiger partial charge in [0, 0.05) is 5.56 Å². The maximum atomic E-state index is 11.4. The van der Waals surface area contributed by atoms with E-state index in [1.807, 2.05) is 0 Å². The van der Waals surface area contributed by atoms with E-state index < -0.39 is 11.9 Å². The molecule has 0 radical (unpaired) electrons. The van der Waals surface area contributed by atoms with Gasteiger partial charge in [-0.3, -0.25) is 0 Å². The van der Waals surface area contributed by atoms with Gasteiger partial charge in [-0.1, -0.05) is 0 Å². The minimum absolute atomic E-state index is 0.0360. The second kappa shape index (κ2) is 4.70. The Balaban J connectivity index is 2.57. The molecular formula is C12H9NO5. The summed E-state index contributed by atoms with van der Waals surface area (Å²) in [5.41, 5.74) is 0.497. The van der Waals surface area contributed by atoms with Crippen molar-refractivity contribution in [2.45, 2.75) is 0 Å². The molecule has 0 fully saturated rings. The fraction of sp³-hybridized carbons (Fsp3) is 0.0833. The van der Waals surface area contributed by atoms with Crippen LogP contribution in [0.25, 0.3) is 11.5 Å². The molecule has 6 nitrogen and oxygen atoms in total. The number of esters is 1. The van der Waals surface area contributed by atoms with Gasteiger partial charge in [0.15, 0.2) is 0 Å². The van der Waals surface area contributed by atoms with Gasteiger partial charge in [-0.05, 0) is 18.2 Å². The normalized spacial score (nSPS) is 10.1. The molecule has 6 heteroatoms. The fourth-order valence-electron chi connectivity index (χ4n) is 1.48. The minimum atomic E-state index is -1.14. The van der Waals surface area contributed by atoms with E-state index in [2.05, 4.69) is 9.72 Å². The van der Waals surface area contributed by atoms with Crippen molar-refractivity contribution in [3.05, 3.63) is 41.8 Å². The number of aromatic carboxylic acids is 1. The molecule has 1 aromatic carbocycles. The number of hydrogen-bond acceptors (Lipinski definition) is 5. The number of nitrogens with zero attached hydrogens (tertiary/aromatic N) is 1. The molecule has 0 unspecified atom stereocenters. The van der Waals surface area contributed by atoms with Crippen molar-refractivity contribution in [1.82, 2.24) is 4.98 Å². The van der Waals surface area contributed by atoms with E-state index >= 15 is 0 Å². The number of carbonyl (C=O) groups excluding carboxylic acids is 1. The summed E-state index contributed by atoms with van der Waals surface area (Å²) in [6.07, 6.45) is 2.79. The van der Waals surface area contributed by atoms with E-state index in [4.69, 9.17) is 9.52 Å². The number of oxazole rings is 1. The lowest BCUT2D eigenvalue weighted by atomic mass is 10.1. The summed E-state index contributed by atoms with van der Waals surface area (Å²) in [5, 5.41) is 8.98. The summed E-state index contributed by atoms with van der Waals surface area (Å²) < 4.78 is 9.63. The zero-order chi connectivity index (χ0) is 13.1. The van der Waals surface area contributed by atoms with Crippen LogP contribution >= 0.6 is 0 Å². The molecule has 0 aliphatic rings. The van der Waals surface area contributed by atoms with Crippen LogP contribution in [0.15, 0.2) is 35.1 Å². The second-order valence-electron chi connectivity index (χ2n) is 3.43. The molecule has 0 amide bonds. The van der Waals surface area contributed by atoms with E-state index in [1.54, 1.807) is 0 Å². The Bertz CT molecular complexity index is 589. The van der Waals surface area contributed by atoms with Crippen LogP contribution in [0.2, 0.25) is 0 Å². The van der Waals surface area contributed by atoms with Crippen LogP contribution in [0.1, 0.15) is 20.7 Å². The van der Waals surface area contributed by atoms with Crippen LogP contribution < -0.4 is 0 Å². The molecule has 92 valence electrons. The Morgan fingerprint density at radius 2 is 2.00 bits per heavy atom. The first-order valence-electron chi connectivity index (χ1n) is 4.98. The molecule has 0 aliphatic heterocycles.